The maximum Gasteiger partial charge on any atom is 0.224 e. The summed E-state index contributed by atoms with van der Waals surface area (Å²) in [6, 6.07) is 5.43. The Morgan fingerprint density at radius 2 is 2.26 bits per heavy atom. The number of aliphatic hydroxyl groups is 1. The molecule has 3 rings (SSSR count). The van der Waals surface area contributed by atoms with Crippen molar-refractivity contribution in [2.45, 2.75) is 24.6 Å². The third-order valence-electron chi connectivity index (χ3n) is 4.30. The molecule has 0 radical (unpaired) electrons. The van der Waals surface area contributed by atoms with Crippen molar-refractivity contribution >= 4 is 21.6 Å². The van der Waals surface area contributed by atoms with Crippen molar-refractivity contribution in [3.05, 3.63) is 34.3 Å². The first-order chi connectivity index (χ1) is 8.97. The van der Waals surface area contributed by atoms with Crippen LogP contribution in [-0.4, -0.2) is 31.0 Å². The molecule has 104 valence electrons. The lowest BCUT2D eigenvalue weighted by atomic mass is 10.0. The first kappa shape index (κ1) is 13.4. The highest BCUT2D eigenvalue weighted by Gasteiger charge is 2.68. The van der Waals surface area contributed by atoms with Gasteiger partial charge in [0, 0.05) is 30.6 Å². The fraction of sp³-hybridized carbons (Fsp3) is 0.538. The van der Waals surface area contributed by atoms with Gasteiger partial charge in [0.15, 0.2) is 0 Å². The quantitative estimate of drug-likeness (QED) is 0.905. The average molecular weight is 302 g/mol. The number of hydrogen-bond donors (Lipinski definition) is 1. The summed E-state index contributed by atoms with van der Waals surface area (Å²) in [5, 5.41) is 9.94. The summed E-state index contributed by atoms with van der Waals surface area (Å²) in [5.74, 6) is -0.218. The molecule has 1 heterocycles. The van der Waals surface area contributed by atoms with Crippen molar-refractivity contribution in [2.24, 2.45) is 5.92 Å². The fourth-order valence-electron chi connectivity index (χ4n) is 3.17. The van der Waals surface area contributed by atoms with Gasteiger partial charge in [-0.3, -0.25) is 0 Å². The van der Waals surface area contributed by atoms with Gasteiger partial charge in [-0.1, -0.05) is 24.6 Å². The molecule has 2 unspecified atom stereocenters. The molecule has 6 heteroatoms. The van der Waals surface area contributed by atoms with Gasteiger partial charge in [-0.05, 0) is 29.7 Å². The molecule has 1 fully saturated rings. The van der Waals surface area contributed by atoms with Crippen LogP contribution in [0.25, 0.3) is 0 Å². The van der Waals surface area contributed by atoms with E-state index in [1.165, 1.54) is 4.31 Å². The molecule has 1 aromatic rings. The van der Waals surface area contributed by atoms with Crippen LogP contribution in [0.5, 0.6) is 0 Å². The molecule has 2 atom stereocenters. The van der Waals surface area contributed by atoms with Crippen LogP contribution in [0.2, 0.25) is 5.02 Å². The molecule has 2 aliphatic rings. The van der Waals surface area contributed by atoms with Crippen molar-refractivity contribution in [3.63, 3.8) is 0 Å². The number of hydrogen-bond acceptors (Lipinski definition) is 3. The Balaban J connectivity index is 2.23. The van der Waals surface area contributed by atoms with Crippen LogP contribution >= 0.6 is 11.6 Å². The van der Waals surface area contributed by atoms with Gasteiger partial charge in [0.1, 0.15) is 4.75 Å². The number of aliphatic hydroxyl groups excluding tert-OH is 1. The molecule has 0 saturated heterocycles. The minimum atomic E-state index is -3.42. The number of fused-ring (bicyclic) bond motifs is 2. The van der Waals surface area contributed by atoms with Crippen molar-refractivity contribution in [2.75, 3.05) is 13.2 Å². The number of benzene rings is 1. The van der Waals surface area contributed by atoms with Gasteiger partial charge in [-0.15, -0.1) is 0 Å². The minimum absolute atomic E-state index is 0.108. The van der Waals surface area contributed by atoms with Crippen LogP contribution < -0.4 is 0 Å². The predicted octanol–water partition coefficient (Wildman–Crippen LogP) is 1.71. The highest BCUT2D eigenvalue weighted by Crippen LogP contribution is 2.62. The summed E-state index contributed by atoms with van der Waals surface area (Å²) in [5.41, 5.74) is 1.78. The number of nitrogens with zero attached hydrogens (tertiary/aromatic N) is 1. The first-order valence-electron chi connectivity index (χ1n) is 6.37. The molecule has 4 nitrogen and oxygen atoms in total. The van der Waals surface area contributed by atoms with Crippen LogP contribution in [-0.2, 0) is 21.3 Å². The topological polar surface area (TPSA) is 57.6 Å². The lowest BCUT2D eigenvalue weighted by molar-refractivity contribution is 0.267. The van der Waals surface area contributed by atoms with Crippen molar-refractivity contribution < 1.29 is 13.5 Å². The van der Waals surface area contributed by atoms with Crippen LogP contribution in [0.4, 0.5) is 0 Å². The third-order valence-corrected chi connectivity index (χ3v) is 7.24. The van der Waals surface area contributed by atoms with Crippen molar-refractivity contribution in [1.29, 1.82) is 0 Å². The average Bonchev–Trinajstić information content (AvgIpc) is 3.11. The fourth-order valence-corrected chi connectivity index (χ4v) is 5.83. The van der Waals surface area contributed by atoms with E-state index in [2.05, 4.69) is 0 Å². The second kappa shape index (κ2) is 4.19. The number of sulfonamides is 1. The molecule has 1 aromatic carbocycles. The van der Waals surface area contributed by atoms with Crippen LogP contribution in [0.15, 0.2) is 18.2 Å². The Kier molecular flexibility index (Phi) is 2.94. The standard InChI is InChI=1S/C13H16ClNO3S/c1-2-15-7-9-3-4-11(14)5-12(9)13(19(15,17)18)6-10(13)8-16/h3-5,10,16H,2,6-8H2,1H3. The summed E-state index contributed by atoms with van der Waals surface area (Å²) in [6.45, 7) is 2.57. The Morgan fingerprint density at radius 3 is 2.84 bits per heavy atom. The Hall–Kier alpha value is -0.620. The summed E-state index contributed by atoms with van der Waals surface area (Å²) < 4.78 is 26.0. The van der Waals surface area contributed by atoms with Gasteiger partial charge >= 0.3 is 0 Å². The number of rotatable bonds is 2. The van der Waals surface area contributed by atoms with Crippen molar-refractivity contribution in [1.82, 2.24) is 4.31 Å². The molecule has 1 aliphatic heterocycles. The lowest BCUT2D eigenvalue weighted by Crippen LogP contribution is -2.44. The van der Waals surface area contributed by atoms with E-state index in [1.807, 2.05) is 13.0 Å². The zero-order valence-electron chi connectivity index (χ0n) is 10.6. The zero-order chi connectivity index (χ0) is 13.8. The van der Waals surface area contributed by atoms with Crippen LogP contribution in [0.1, 0.15) is 24.5 Å². The van der Waals surface area contributed by atoms with Gasteiger partial charge in [0.05, 0.1) is 0 Å². The molecular formula is C13H16ClNO3S. The molecule has 1 N–H and O–H groups in total. The molecule has 1 aliphatic carbocycles. The van der Waals surface area contributed by atoms with E-state index in [1.54, 1.807) is 12.1 Å². The Morgan fingerprint density at radius 1 is 1.53 bits per heavy atom. The molecule has 0 amide bonds. The van der Waals surface area contributed by atoms with E-state index in [0.29, 0.717) is 24.5 Å². The molecular weight excluding hydrogens is 286 g/mol. The smallest absolute Gasteiger partial charge is 0.224 e. The summed E-state index contributed by atoms with van der Waals surface area (Å²) >= 11 is 6.02. The first-order valence-corrected chi connectivity index (χ1v) is 8.18. The van der Waals surface area contributed by atoms with E-state index < -0.39 is 14.8 Å². The lowest BCUT2D eigenvalue weighted by Gasteiger charge is -2.34. The normalized spacial score (nSPS) is 32.3. The van der Waals surface area contributed by atoms with E-state index >= 15 is 0 Å². The van der Waals surface area contributed by atoms with E-state index in [4.69, 9.17) is 11.6 Å². The van der Waals surface area contributed by atoms with Gasteiger partial charge in [-0.25, -0.2) is 8.42 Å². The van der Waals surface area contributed by atoms with Gasteiger partial charge in [-0.2, -0.15) is 4.31 Å². The van der Waals surface area contributed by atoms with Gasteiger partial charge < -0.3 is 5.11 Å². The largest absolute Gasteiger partial charge is 0.396 e. The molecule has 0 aromatic heterocycles. The van der Waals surface area contributed by atoms with Gasteiger partial charge in [0.25, 0.3) is 0 Å². The maximum atomic E-state index is 12.7. The monoisotopic (exact) mass is 301 g/mol. The van der Waals surface area contributed by atoms with E-state index in [9.17, 15) is 13.5 Å². The van der Waals surface area contributed by atoms with Crippen LogP contribution in [0.3, 0.4) is 0 Å². The minimum Gasteiger partial charge on any atom is -0.396 e. The molecule has 1 spiro atoms. The zero-order valence-corrected chi connectivity index (χ0v) is 12.2. The van der Waals surface area contributed by atoms with E-state index in [0.717, 1.165) is 11.1 Å². The van der Waals surface area contributed by atoms with E-state index in [-0.39, 0.29) is 12.5 Å². The maximum absolute atomic E-state index is 12.7. The summed E-state index contributed by atoms with van der Waals surface area (Å²) in [6.07, 6.45) is 0.482. The third kappa shape index (κ3) is 1.62. The molecule has 19 heavy (non-hydrogen) atoms. The molecule has 1 saturated carbocycles. The molecule has 0 bridgehead atoms. The van der Waals surface area contributed by atoms with Crippen molar-refractivity contribution in [3.8, 4) is 0 Å². The second-order valence-electron chi connectivity index (χ2n) is 5.21. The SMILES string of the molecule is CCN1Cc2ccc(Cl)cc2C2(CC2CO)S1(=O)=O. The second-order valence-corrected chi connectivity index (χ2v) is 7.84. The van der Waals surface area contributed by atoms with Gasteiger partial charge in [0.2, 0.25) is 10.0 Å². The summed E-state index contributed by atoms with van der Waals surface area (Å²) in [4.78, 5) is 0. The predicted molar refractivity (Wildman–Crippen MR) is 73.3 cm³/mol. The highest BCUT2D eigenvalue weighted by atomic mass is 35.5. The Bertz CT molecular complexity index is 631. The highest BCUT2D eigenvalue weighted by molar-refractivity contribution is 7.90. The number of halogens is 1. The summed E-state index contributed by atoms with van der Waals surface area (Å²) in [7, 11) is -3.42. The Labute approximate surface area is 118 Å². The van der Waals surface area contributed by atoms with Crippen LogP contribution in [0, 0.1) is 5.92 Å².